The van der Waals surface area contributed by atoms with E-state index in [9.17, 15) is 4.79 Å². The summed E-state index contributed by atoms with van der Waals surface area (Å²) in [5.41, 5.74) is 2.08. The molecule has 0 radical (unpaired) electrons. The molecule has 0 aromatic heterocycles. The fourth-order valence-corrected chi connectivity index (χ4v) is 5.08. The maximum Gasteiger partial charge on any atom is 0.339 e. The third-order valence-electron chi connectivity index (χ3n) is 7.20. The maximum absolute atomic E-state index is 13.3. The fraction of sp³-hybridized carbons (Fsp3) is 0.633. The topological polar surface area (TPSA) is 72.5 Å². The molecule has 3 aliphatic heterocycles. The zero-order valence-electron chi connectivity index (χ0n) is 23.4. The van der Waals surface area contributed by atoms with E-state index in [1.54, 1.807) is 0 Å². The minimum Gasteiger partial charge on any atom is -0.491 e. The molecule has 7 nitrogen and oxygen atoms in total. The van der Waals surface area contributed by atoms with Crippen molar-refractivity contribution >= 4 is 12.0 Å². The fourth-order valence-electron chi connectivity index (χ4n) is 5.08. The molecule has 2 saturated heterocycles. The highest BCUT2D eigenvalue weighted by Crippen LogP contribution is 2.35. The van der Waals surface area contributed by atoms with Gasteiger partial charge in [-0.25, -0.2) is 4.79 Å². The number of hydrogen-bond donors (Lipinski definition) is 0. The van der Waals surface area contributed by atoms with Crippen molar-refractivity contribution in [2.24, 2.45) is 11.8 Å². The first-order valence-corrected chi connectivity index (χ1v) is 13.3. The third kappa shape index (κ3) is 6.82. The number of fused-ring (bicyclic) bond motifs is 2. The SMILES string of the molecule is Cc1cc(OC[C@H]2COC(C)(C)O2)cc2c1C(=O)O[C@@H](C)[C@H](C)/C=C\[C@@H](C)C1OC(C)(C)O[C@H]1CC=C2. The van der Waals surface area contributed by atoms with E-state index >= 15 is 0 Å². The molecule has 0 bridgehead atoms. The van der Waals surface area contributed by atoms with E-state index in [1.165, 1.54) is 0 Å². The molecule has 3 aliphatic rings. The Balaban J connectivity index is 1.63. The number of carbonyl (C=O) groups is 1. The number of hydrogen-bond acceptors (Lipinski definition) is 7. The zero-order chi connectivity index (χ0) is 27.0. The summed E-state index contributed by atoms with van der Waals surface area (Å²) in [6, 6.07) is 3.76. The van der Waals surface area contributed by atoms with Gasteiger partial charge in [0.2, 0.25) is 0 Å². The second kappa shape index (κ2) is 10.9. The minimum atomic E-state index is -0.646. The Kier molecular flexibility index (Phi) is 8.19. The van der Waals surface area contributed by atoms with E-state index in [4.69, 9.17) is 28.4 Å². The lowest BCUT2D eigenvalue weighted by Gasteiger charge is -2.23. The van der Waals surface area contributed by atoms with Crippen LogP contribution in [-0.2, 0) is 23.7 Å². The van der Waals surface area contributed by atoms with Crippen LogP contribution >= 0.6 is 0 Å². The van der Waals surface area contributed by atoms with Gasteiger partial charge in [0.05, 0.1) is 24.4 Å². The summed E-state index contributed by atoms with van der Waals surface area (Å²) in [6.07, 6.45) is 8.30. The van der Waals surface area contributed by atoms with Gasteiger partial charge in [0, 0.05) is 11.8 Å². The van der Waals surface area contributed by atoms with Crippen LogP contribution in [-0.4, -0.2) is 55.2 Å². The van der Waals surface area contributed by atoms with Crippen LogP contribution in [0, 0.1) is 18.8 Å². The molecule has 2 fully saturated rings. The van der Waals surface area contributed by atoms with E-state index in [2.05, 4.69) is 26.0 Å². The van der Waals surface area contributed by atoms with Crippen molar-refractivity contribution in [3.63, 3.8) is 0 Å². The van der Waals surface area contributed by atoms with Gasteiger partial charge >= 0.3 is 5.97 Å². The molecule has 0 spiro atoms. The lowest BCUT2D eigenvalue weighted by atomic mass is 9.94. The molecule has 0 aliphatic carbocycles. The molecular weight excluding hydrogens is 472 g/mol. The monoisotopic (exact) mass is 514 g/mol. The van der Waals surface area contributed by atoms with Crippen LogP contribution < -0.4 is 4.74 Å². The summed E-state index contributed by atoms with van der Waals surface area (Å²) in [5, 5.41) is 0. The van der Waals surface area contributed by atoms with E-state index < -0.39 is 11.6 Å². The molecule has 1 unspecified atom stereocenters. The molecule has 4 rings (SSSR count). The largest absolute Gasteiger partial charge is 0.491 e. The van der Waals surface area contributed by atoms with Crippen LogP contribution in [0.5, 0.6) is 5.75 Å². The number of cyclic esters (lactones) is 1. The third-order valence-corrected chi connectivity index (χ3v) is 7.20. The summed E-state index contributed by atoms with van der Waals surface area (Å²) in [5.74, 6) is -0.728. The Labute approximate surface area is 221 Å². The van der Waals surface area contributed by atoms with Gasteiger partial charge in [-0.15, -0.1) is 0 Å². The van der Waals surface area contributed by atoms with Crippen molar-refractivity contribution in [3.8, 4) is 5.75 Å². The summed E-state index contributed by atoms with van der Waals surface area (Å²) in [7, 11) is 0. The predicted molar refractivity (Wildman–Crippen MR) is 141 cm³/mol. The van der Waals surface area contributed by atoms with Crippen molar-refractivity contribution in [1.82, 2.24) is 0 Å². The molecule has 7 heteroatoms. The highest BCUT2D eigenvalue weighted by Gasteiger charge is 2.42. The van der Waals surface area contributed by atoms with Crippen LogP contribution in [0.25, 0.3) is 6.08 Å². The quantitative estimate of drug-likeness (QED) is 0.371. The zero-order valence-corrected chi connectivity index (χ0v) is 23.4. The van der Waals surface area contributed by atoms with Crippen molar-refractivity contribution in [3.05, 3.63) is 47.1 Å². The van der Waals surface area contributed by atoms with Crippen LogP contribution in [0.1, 0.15) is 76.4 Å². The Bertz CT molecular complexity index is 1040. The number of ether oxygens (including phenoxy) is 6. The average molecular weight is 515 g/mol. The lowest BCUT2D eigenvalue weighted by molar-refractivity contribution is -0.148. The summed E-state index contributed by atoms with van der Waals surface area (Å²) in [4.78, 5) is 13.3. The first-order chi connectivity index (χ1) is 17.3. The van der Waals surface area contributed by atoms with Gasteiger partial charge in [-0.05, 0) is 71.2 Å². The molecule has 3 heterocycles. The van der Waals surface area contributed by atoms with Gasteiger partial charge in [0.1, 0.15) is 24.6 Å². The Hall–Kier alpha value is -2.19. The lowest BCUT2D eigenvalue weighted by Crippen LogP contribution is -2.29. The van der Waals surface area contributed by atoms with Gasteiger partial charge in [-0.3, -0.25) is 0 Å². The molecule has 0 amide bonds. The van der Waals surface area contributed by atoms with Gasteiger partial charge in [-0.2, -0.15) is 0 Å². The van der Waals surface area contributed by atoms with Crippen molar-refractivity contribution < 1.29 is 33.2 Å². The van der Waals surface area contributed by atoms with Gasteiger partial charge in [0.25, 0.3) is 0 Å². The van der Waals surface area contributed by atoms with E-state index in [0.717, 1.165) is 11.1 Å². The Morgan fingerprint density at radius 2 is 1.70 bits per heavy atom. The van der Waals surface area contributed by atoms with Crippen LogP contribution in [0.3, 0.4) is 0 Å². The molecule has 204 valence electrons. The number of rotatable bonds is 3. The first-order valence-electron chi connectivity index (χ1n) is 13.3. The van der Waals surface area contributed by atoms with E-state index in [-0.39, 0.29) is 42.2 Å². The molecule has 1 aromatic rings. The van der Waals surface area contributed by atoms with E-state index in [1.807, 2.05) is 65.8 Å². The number of benzene rings is 1. The van der Waals surface area contributed by atoms with Crippen LogP contribution in [0.4, 0.5) is 0 Å². The maximum atomic E-state index is 13.3. The van der Waals surface area contributed by atoms with Crippen molar-refractivity contribution in [2.45, 2.75) is 97.8 Å². The van der Waals surface area contributed by atoms with Gasteiger partial charge < -0.3 is 28.4 Å². The second-order valence-corrected chi connectivity index (χ2v) is 11.5. The molecule has 37 heavy (non-hydrogen) atoms. The highest BCUT2D eigenvalue weighted by atomic mass is 16.8. The average Bonchev–Trinajstić information content (AvgIpc) is 3.32. The highest BCUT2D eigenvalue weighted by molar-refractivity contribution is 5.95. The number of aryl methyl sites for hydroxylation is 1. The van der Waals surface area contributed by atoms with E-state index in [0.29, 0.717) is 30.9 Å². The van der Waals surface area contributed by atoms with Gasteiger partial charge in [-0.1, -0.05) is 38.2 Å². The molecular formula is C30H42O7. The summed E-state index contributed by atoms with van der Waals surface area (Å²) < 4.78 is 36.0. The molecule has 6 atom stereocenters. The number of carbonyl (C=O) groups excluding carboxylic acids is 1. The smallest absolute Gasteiger partial charge is 0.339 e. The molecule has 0 saturated carbocycles. The Morgan fingerprint density at radius 1 is 0.973 bits per heavy atom. The predicted octanol–water partition coefficient (Wildman–Crippen LogP) is 5.84. The summed E-state index contributed by atoms with van der Waals surface area (Å²) in [6.45, 7) is 16.6. The molecule has 1 aromatic carbocycles. The minimum absolute atomic E-state index is 0.0444. The van der Waals surface area contributed by atoms with Crippen LogP contribution in [0.15, 0.2) is 30.4 Å². The molecule has 0 N–H and O–H groups in total. The van der Waals surface area contributed by atoms with Gasteiger partial charge in [0.15, 0.2) is 11.6 Å². The standard InChI is InChI=1S/C30H42O7/c1-18-12-13-19(2)27-25(36-30(7,8)37-27)11-9-10-22-15-23(32-16-24-17-33-29(5,6)35-24)14-20(3)26(22)28(31)34-21(18)4/h9-10,12-15,18-19,21,24-25,27H,11,16-17H2,1-8H3/b10-9?,13-12-/t18-,19-,21+,24+,25+,27?/m1/s1. The first kappa shape index (κ1) is 27.8. The number of esters is 1. The normalized spacial score (nSPS) is 34.2. The van der Waals surface area contributed by atoms with Crippen LogP contribution in [0.2, 0.25) is 0 Å². The Morgan fingerprint density at radius 3 is 2.41 bits per heavy atom. The second-order valence-electron chi connectivity index (χ2n) is 11.5. The van der Waals surface area contributed by atoms with Crippen molar-refractivity contribution in [2.75, 3.05) is 13.2 Å². The van der Waals surface area contributed by atoms with Crippen molar-refractivity contribution in [1.29, 1.82) is 0 Å². The summed E-state index contributed by atoms with van der Waals surface area (Å²) >= 11 is 0.